The fraction of sp³-hybridized carbons (Fsp3) is 0.150. The lowest BCUT2D eigenvalue weighted by atomic mass is 10.1. The van der Waals surface area contributed by atoms with Crippen molar-refractivity contribution in [2.24, 2.45) is 0 Å². The molecule has 0 aliphatic heterocycles. The molecular formula is C20H16ClN3O2. The Morgan fingerprint density at radius 1 is 1.27 bits per heavy atom. The van der Waals surface area contributed by atoms with Crippen LogP contribution in [0.15, 0.2) is 42.0 Å². The highest BCUT2D eigenvalue weighted by Crippen LogP contribution is 2.26. The minimum Gasteiger partial charge on any atom is -0.477 e. The highest BCUT2D eigenvalue weighted by Gasteiger charge is 2.12. The zero-order valence-corrected chi connectivity index (χ0v) is 15.1. The predicted octanol–water partition coefficient (Wildman–Crippen LogP) is 4.40. The normalized spacial score (nSPS) is 10.6. The molecule has 5 nitrogen and oxygen atoms in total. The molecule has 6 heteroatoms. The van der Waals surface area contributed by atoms with Crippen LogP contribution in [0.2, 0.25) is 5.02 Å². The van der Waals surface area contributed by atoms with E-state index in [0.717, 1.165) is 11.1 Å². The van der Waals surface area contributed by atoms with Crippen LogP contribution in [0.5, 0.6) is 5.75 Å². The lowest BCUT2D eigenvalue weighted by molar-refractivity contribution is -0.112. The molecule has 0 fully saturated rings. The summed E-state index contributed by atoms with van der Waals surface area (Å²) < 4.78 is 5.17. The van der Waals surface area contributed by atoms with Gasteiger partial charge in [0.1, 0.15) is 23.5 Å². The van der Waals surface area contributed by atoms with E-state index in [9.17, 15) is 10.1 Å². The number of halogens is 1. The second kappa shape index (κ2) is 8.71. The van der Waals surface area contributed by atoms with E-state index < -0.39 is 5.91 Å². The van der Waals surface area contributed by atoms with Crippen LogP contribution in [0, 0.1) is 36.5 Å². The van der Waals surface area contributed by atoms with E-state index in [1.54, 1.807) is 24.3 Å². The van der Waals surface area contributed by atoms with Crippen molar-refractivity contribution in [1.29, 1.82) is 10.5 Å². The van der Waals surface area contributed by atoms with Gasteiger partial charge in [-0.05, 0) is 54.8 Å². The van der Waals surface area contributed by atoms with Gasteiger partial charge in [-0.3, -0.25) is 4.79 Å². The van der Waals surface area contributed by atoms with Crippen molar-refractivity contribution in [2.75, 3.05) is 11.9 Å². The number of nitrogens with zero attached hydrogens (tertiary/aromatic N) is 2. The van der Waals surface area contributed by atoms with Crippen molar-refractivity contribution < 1.29 is 9.53 Å². The van der Waals surface area contributed by atoms with Gasteiger partial charge in [-0.2, -0.15) is 10.5 Å². The van der Waals surface area contributed by atoms with Crippen LogP contribution < -0.4 is 10.1 Å². The van der Waals surface area contributed by atoms with E-state index in [1.165, 1.54) is 6.08 Å². The molecule has 2 aromatic carbocycles. The maximum Gasteiger partial charge on any atom is 0.266 e. The molecule has 0 spiro atoms. The fourth-order valence-corrected chi connectivity index (χ4v) is 2.47. The Hall–Kier alpha value is -3.28. The lowest BCUT2D eigenvalue weighted by Gasteiger charge is -2.10. The predicted molar refractivity (Wildman–Crippen MR) is 101 cm³/mol. The number of anilines is 1. The number of nitrogens with one attached hydrogen (secondary N) is 1. The Bertz CT molecular complexity index is 953. The average molecular weight is 366 g/mol. The lowest BCUT2D eigenvalue weighted by Crippen LogP contribution is -2.14. The molecule has 0 unspecified atom stereocenters. The number of carbonyl (C=O) groups is 1. The summed E-state index contributed by atoms with van der Waals surface area (Å²) in [6, 6.07) is 14.1. The minimum absolute atomic E-state index is 0.0485. The maximum atomic E-state index is 12.4. The zero-order chi connectivity index (χ0) is 19.1. The van der Waals surface area contributed by atoms with Crippen LogP contribution in [0.1, 0.15) is 16.7 Å². The summed E-state index contributed by atoms with van der Waals surface area (Å²) in [5.41, 5.74) is 3.18. The van der Waals surface area contributed by atoms with Crippen molar-refractivity contribution >= 4 is 29.3 Å². The second-order valence-electron chi connectivity index (χ2n) is 5.51. The van der Waals surface area contributed by atoms with Gasteiger partial charge in [0, 0.05) is 5.69 Å². The zero-order valence-electron chi connectivity index (χ0n) is 14.3. The van der Waals surface area contributed by atoms with Crippen molar-refractivity contribution in [3.63, 3.8) is 0 Å². The maximum absolute atomic E-state index is 12.4. The van der Waals surface area contributed by atoms with Crippen molar-refractivity contribution in [3.8, 4) is 17.9 Å². The molecule has 130 valence electrons. The molecule has 0 aromatic heterocycles. The summed E-state index contributed by atoms with van der Waals surface area (Å²) in [4.78, 5) is 12.4. The standard InChI is InChI=1S/C20H16ClN3O2/c1-13-4-3-5-18(14(13)2)24-20(25)16(12-23)10-15-6-7-19(17(21)11-15)26-9-8-22/h3-7,10-11H,9H2,1-2H3,(H,24,25)/b16-10+. The van der Waals surface area contributed by atoms with Crippen LogP contribution >= 0.6 is 11.6 Å². The van der Waals surface area contributed by atoms with Crippen LogP contribution in [0.4, 0.5) is 5.69 Å². The summed E-state index contributed by atoms with van der Waals surface area (Å²) >= 11 is 6.09. The number of benzene rings is 2. The monoisotopic (exact) mass is 365 g/mol. The second-order valence-corrected chi connectivity index (χ2v) is 5.92. The first-order chi connectivity index (χ1) is 12.5. The van der Waals surface area contributed by atoms with Gasteiger partial charge in [0.05, 0.1) is 5.02 Å². The molecule has 0 saturated carbocycles. The van der Waals surface area contributed by atoms with Crippen LogP contribution in [0.3, 0.4) is 0 Å². The van der Waals surface area contributed by atoms with Gasteiger partial charge < -0.3 is 10.1 Å². The van der Waals surface area contributed by atoms with Crippen LogP contribution in [-0.2, 0) is 4.79 Å². The van der Waals surface area contributed by atoms with Gasteiger partial charge in [-0.1, -0.05) is 29.8 Å². The first-order valence-corrected chi connectivity index (χ1v) is 8.12. The first kappa shape index (κ1) is 19.1. The summed E-state index contributed by atoms with van der Waals surface area (Å²) in [6.45, 7) is 3.74. The van der Waals surface area contributed by atoms with Crippen molar-refractivity contribution in [1.82, 2.24) is 0 Å². The van der Waals surface area contributed by atoms with Gasteiger partial charge in [-0.25, -0.2) is 0 Å². The molecular weight excluding hydrogens is 350 g/mol. The quantitative estimate of drug-likeness (QED) is 0.628. The number of rotatable bonds is 5. The summed E-state index contributed by atoms with van der Waals surface area (Å²) in [5, 5.41) is 20.9. The summed E-state index contributed by atoms with van der Waals surface area (Å²) in [5.74, 6) is -0.133. The first-order valence-electron chi connectivity index (χ1n) is 7.75. The third-order valence-electron chi connectivity index (χ3n) is 3.78. The number of carbonyl (C=O) groups excluding carboxylic acids is 1. The largest absolute Gasteiger partial charge is 0.477 e. The molecule has 2 rings (SSSR count). The van der Waals surface area contributed by atoms with Crippen LogP contribution in [-0.4, -0.2) is 12.5 Å². The average Bonchev–Trinajstić information content (AvgIpc) is 2.62. The number of nitriles is 2. The molecule has 2 aromatic rings. The summed E-state index contributed by atoms with van der Waals surface area (Å²) in [7, 11) is 0. The van der Waals surface area contributed by atoms with Gasteiger partial charge in [-0.15, -0.1) is 0 Å². The number of ether oxygens (including phenoxy) is 1. The smallest absolute Gasteiger partial charge is 0.266 e. The molecule has 1 N–H and O–H groups in total. The Kier molecular flexibility index (Phi) is 6.38. The Balaban J connectivity index is 2.23. The molecule has 0 saturated heterocycles. The van der Waals surface area contributed by atoms with E-state index in [1.807, 2.05) is 38.1 Å². The van der Waals surface area contributed by atoms with E-state index >= 15 is 0 Å². The minimum atomic E-state index is -0.498. The van der Waals surface area contributed by atoms with Crippen molar-refractivity contribution in [2.45, 2.75) is 13.8 Å². The number of hydrogen-bond donors (Lipinski definition) is 1. The number of aryl methyl sites for hydroxylation is 1. The highest BCUT2D eigenvalue weighted by atomic mass is 35.5. The fourth-order valence-electron chi connectivity index (χ4n) is 2.23. The molecule has 0 aliphatic carbocycles. The molecule has 0 heterocycles. The third kappa shape index (κ3) is 4.63. The molecule has 26 heavy (non-hydrogen) atoms. The topological polar surface area (TPSA) is 85.9 Å². The number of hydrogen-bond acceptors (Lipinski definition) is 4. The van der Waals surface area contributed by atoms with Crippen molar-refractivity contribution in [3.05, 3.63) is 63.7 Å². The summed E-state index contributed by atoms with van der Waals surface area (Å²) in [6.07, 6.45) is 1.44. The Morgan fingerprint density at radius 3 is 2.69 bits per heavy atom. The van der Waals surface area contributed by atoms with E-state index in [0.29, 0.717) is 22.0 Å². The SMILES string of the molecule is Cc1cccc(NC(=O)/C(C#N)=C/c2ccc(OCC#N)c(Cl)c2)c1C. The van der Waals surface area contributed by atoms with Gasteiger partial charge >= 0.3 is 0 Å². The van der Waals surface area contributed by atoms with Gasteiger partial charge in [0.2, 0.25) is 0 Å². The highest BCUT2D eigenvalue weighted by molar-refractivity contribution is 6.32. The molecule has 0 bridgehead atoms. The Labute approximate surface area is 157 Å². The number of amides is 1. The molecule has 1 amide bonds. The molecule has 0 radical (unpaired) electrons. The van der Waals surface area contributed by atoms with E-state index in [2.05, 4.69) is 5.32 Å². The molecule has 0 atom stereocenters. The van der Waals surface area contributed by atoms with E-state index in [-0.39, 0.29) is 12.2 Å². The van der Waals surface area contributed by atoms with E-state index in [4.69, 9.17) is 21.6 Å². The van der Waals surface area contributed by atoms with Gasteiger partial charge in [0.25, 0.3) is 5.91 Å². The van der Waals surface area contributed by atoms with Gasteiger partial charge in [0.15, 0.2) is 6.61 Å². The molecule has 0 aliphatic rings. The third-order valence-corrected chi connectivity index (χ3v) is 4.07. The Morgan fingerprint density at radius 2 is 2.04 bits per heavy atom. The van der Waals surface area contributed by atoms with Crippen LogP contribution in [0.25, 0.3) is 6.08 Å².